The number of benzene rings is 2. The Hall–Kier alpha value is -3.76. The molecule has 6 atom stereocenters. The number of aliphatic hydroxyl groups excluding tert-OH is 5. The third-order valence-electron chi connectivity index (χ3n) is 16.7. The standard InChI is InChI=1S/2C31H44I3N5O12.C7H17NO5.Gd/c2*1-2-19(31(50)51)12-20-21(32)13-22(33)30(29(20)34)36-23(40)6-4-3-5-7-35-24(41)14-38(16-26(44)45)10-8-37(15-25(42)43)9-11-39(17-27(46)47)18-28(48)49;1-8-2-4(10)6(12)7(13)5(11)3-9;/h2*13,19H,2-12,14-18H2,1H3,(H,35,41)(H,36,40)(H,42,43)(H,44,45)(H,46,47)(H,48,49)(H,50,51);4-13H,2-3H2,1H3;/q;;;+3/t;;4-,5+,6+,7+;/m..0./s1. The molecule has 0 saturated heterocycles. The van der Waals surface area contributed by atoms with Crippen LogP contribution in [0.3, 0.4) is 0 Å². The number of unbranched alkanes of at least 4 members (excludes halogenated alkanes) is 4. The number of hydrogen-bond donors (Lipinski definition) is 20. The number of aliphatic carboxylic acids is 10. The molecule has 2 rings (SSSR count). The fraction of sp³-hybridized carbons (Fsp3) is 0.623. The quantitative estimate of drug-likeness (QED) is 0.0320. The van der Waals surface area contributed by atoms with Crippen molar-refractivity contribution in [2.45, 2.75) is 115 Å². The topological polar surface area (TPSA) is 622 Å². The number of hydrogen-bond acceptors (Lipinski definition) is 26. The molecular formula is C69H105GdI6N11O29+3. The van der Waals surface area contributed by atoms with E-state index in [9.17, 15) is 103 Å². The van der Waals surface area contributed by atoms with Crippen LogP contribution in [-0.2, 0) is 80.0 Å². The van der Waals surface area contributed by atoms with Gasteiger partial charge < -0.3 is 103 Å². The Morgan fingerprint density at radius 3 is 0.897 bits per heavy atom. The molecule has 1 radical (unpaired) electrons. The largest absolute Gasteiger partial charge is 3.00 e. The van der Waals surface area contributed by atoms with E-state index in [0.29, 0.717) is 75.6 Å². The second kappa shape index (κ2) is 64.1. The Balaban J connectivity index is 0. The SMILES string of the molecule is CCC(Cc1c(I)cc(I)c(NC(=O)CCCCCNC(=O)CN(CCN(CCN(CC(=O)O)CC(=O)O)CC(=O)O)CC(=O)O)c1I)C(=O)O.CCC(Cc1c(I)cc(I)c(NC(=O)CCCCCNC(=O)CN(CCN(CCN(CC(=O)O)CC(=O)O)CC(=O)O)CC(=O)O)c1I)C(=O)O.CNC[C@H](O)[C@@H](O)[C@H](O)[C@H](O)CO.[Gd+3]. The summed E-state index contributed by atoms with van der Waals surface area (Å²) in [5.74, 6) is -13.8. The van der Waals surface area contributed by atoms with Crippen LogP contribution in [0.5, 0.6) is 0 Å². The molecule has 116 heavy (non-hydrogen) atoms. The van der Waals surface area contributed by atoms with Crippen LogP contribution < -0.4 is 26.6 Å². The number of carboxylic acid groups (broad SMARTS) is 10. The van der Waals surface area contributed by atoms with Gasteiger partial charge in [-0.2, -0.15) is 0 Å². The molecule has 0 heterocycles. The van der Waals surface area contributed by atoms with Crippen molar-refractivity contribution in [1.82, 2.24) is 45.3 Å². The van der Waals surface area contributed by atoms with Gasteiger partial charge in [0.25, 0.3) is 0 Å². The van der Waals surface area contributed by atoms with Gasteiger partial charge in [0.15, 0.2) is 0 Å². The zero-order chi connectivity index (χ0) is 87.8. The number of aliphatic hydroxyl groups is 5. The number of carboxylic acids is 10. The summed E-state index contributed by atoms with van der Waals surface area (Å²) in [5.41, 5.74) is 3.07. The molecule has 4 amide bonds. The van der Waals surface area contributed by atoms with Gasteiger partial charge in [-0.05, 0) is 217 Å². The van der Waals surface area contributed by atoms with E-state index in [1.165, 1.54) is 19.6 Å². The van der Waals surface area contributed by atoms with E-state index in [0.717, 1.165) is 42.3 Å². The summed E-state index contributed by atoms with van der Waals surface area (Å²) < 4.78 is 5.17. The van der Waals surface area contributed by atoms with E-state index in [1.807, 2.05) is 26.0 Å². The maximum absolute atomic E-state index is 12.8. The van der Waals surface area contributed by atoms with Gasteiger partial charge in [-0.1, -0.05) is 26.7 Å². The molecule has 47 heteroatoms. The van der Waals surface area contributed by atoms with E-state index < -0.39 is 167 Å². The minimum atomic E-state index is -1.55. The van der Waals surface area contributed by atoms with Crippen molar-refractivity contribution in [3.05, 3.63) is 44.7 Å². The van der Waals surface area contributed by atoms with Gasteiger partial charge in [-0.25, -0.2) is 0 Å². The molecule has 2 aromatic carbocycles. The van der Waals surface area contributed by atoms with Crippen LogP contribution in [0.4, 0.5) is 11.4 Å². The van der Waals surface area contributed by atoms with Crippen LogP contribution in [-0.4, -0.2) is 365 Å². The number of halogens is 6. The Morgan fingerprint density at radius 2 is 0.638 bits per heavy atom. The maximum atomic E-state index is 12.8. The van der Waals surface area contributed by atoms with Crippen molar-refractivity contribution >= 4 is 230 Å². The van der Waals surface area contributed by atoms with Crippen molar-refractivity contribution in [3.8, 4) is 0 Å². The third-order valence-corrected chi connectivity index (χ3v) is 22.7. The summed E-state index contributed by atoms with van der Waals surface area (Å²) in [4.78, 5) is 171. The molecular weight excluding hydrogens is 2370 g/mol. The number of anilines is 2. The Kier molecular flexibility index (Phi) is 63.1. The van der Waals surface area contributed by atoms with Crippen LogP contribution >= 0.6 is 136 Å². The molecule has 0 bridgehead atoms. The van der Waals surface area contributed by atoms with Gasteiger partial charge >= 0.3 is 99.6 Å². The molecule has 0 spiro atoms. The molecule has 40 nitrogen and oxygen atoms in total. The number of amides is 4. The fourth-order valence-corrected chi connectivity index (χ4v) is 18.8. The minimum absolute atomic E-state index is 0. The second-order valence-corrected chi connectivity index (χ2v) is 32.9. The number of rotatable bonds is 60. The third kappa shape index (κ3) is 51.9. The van der Waals surface area contributed by atoms with Crippen molar-refractivity contribution < 1.29 is 184 Å². The van der Waals surface area contributed by atoms with E-state index in [4.69, 9.17) is 40.9 Å². The minimum Gasteiger partial charge on any atom is -0.481 e. The molecule has 0 aliphatic carbocycles. The van der Waals surface area contributed by atoms with E-state index in [2.05, 4.69) is 162 Å². The summed E-state index contributed by atoms with van der Waals surface area (Å²) in [6, 6.07) is 3.83. The molecule has 2 unspecified atom stereocenters. The van der Waals surface area contributed by atoms with Crippen molar-refractivity contribution in [2.24, 2.45) is 11.8 Å². The number of carbonyl (C=O) groups is 14. The van der Waals surface area contributed by atoms with Crippen molar-refractivity contribution in [1.29, 1.82) is 0 Å². The van der Waals surface area contributed by atoms with Crippen molar-refractivity contribution in [2.75, 3.05) is 162 Å². The monoisotopic (exact) mass is 2470 g/mol. The summed E-state index contributed by atoms with van der Waals surface area (Å²) >= 11 is 12.9. The van der Waals surface area contributed by atoms with E-state index in [1.54, 1.807) is 7.05 Å². The molecule has 0 saturated carbocycles. The zero-order valence-corrected chi connectivity index (χ0v) is 79.1. The number of nitrogens with one attached hydrogen (secondary N) is 5. The van der Waals surface area contributed by atoms with Gasteiger partial charge in [-0.3, -0.25) is 96.5 Å². The molecule has 0 aliphatic heterocycles. The number of likely N-dealkylation sites (N-methyl/N-ethyl adjacent to an activating group) is 1. The fourth-order valence-electron chi connectivity index (χ4n) is 10.7. The first-order valence-electron chi connectivity index (χ1n) is 35.9. The Morgan fingerprint density at radius 1 is 0.371 bits per heavy atom. The number of nitrogens with zero attached hydrogens (tertiary/aromatic N) is 6. The van der Waals surface area contributed by atoms with Crippen molar-refractivity contribution in [3.63, 3.8) is 0 Å². The normalized spacial score (nSPS) is 12.7. The second-order valence-electron chi connectivity index (χ2n) is 26.1. The van der Waals surface area contributed by atoms with Gasteiger partial charge in [-0.15, -0.1) is 0 Å². The van der Waals surface area contributed by atoms with E-state index >= 15 is 0 Å². The van der Waals surface area contributed by atoms with Crippen LogP contribution in [0.15, 0.2) is 12.1 Å². The number of carbonyl (C=O) groups excluding carboxylic acids is 4. The van der Waals surface area contributed by atoms with Crippen LogP contribution in [0.2, 0.25) is 0 Å². The van der Waals surface area contributed by atoms with Gasteiger partial charge in [0.05, 0.1) is 101 Å². The predicted molar refractivity (Wildman–Crippen MR) is 464 cm³/mol. The molecule has 0 aromatic heterocycles. The average molecular weight is 2470 g/mol. The summed E-state index contributed by atoms with van der Waals surface area (Å²) in [7, 11) is 1.57. The first kappa shape index (κ1) is 114. The Labute approximate surface area is 784 Å². The molecule has 657 valence electrons. The molecule has 0 fully saturated rings. The first-order chi connectivity index (χ1) is 53.9. The smallest absolute Gasteiger partial charge is 0.481 e. The molecule has 0 aliphatic rings. The maximum Gasteiger partial charge on any atom is 3.00 e. The van der Waals surface area contributed by atoms with Gasteiger partial charge in [0.1, 0.15) is 18.3 Å². The first-order valence-corrected chi connectivity index (χ1v) is 42.3. The molecule has 20 N–H and O–H groups in total. The van der Waals surface area contributed by atoms with Gasteiger partial charge in [0, 0.05) is 106 Å². The zero-order valence-electron chi connectivity index (χ0n) is 63.9. The predicted octanol–water partition coefficient (Wildman–Crippen LogP) is 0.668. The molecule has 2 aromatic rings. The average Bonchev–Trinajstić information content (AvgIpc) is 0.808. The van der Waals surface area contributed by atoms with Crippen LogP contribution in [0.25, 0.3) is 0 Å². The summed E-state index contributed by atoms with van der Waals surface area (Å²) in [6.07, 6.45) is -0.0315. The van der Waals surface area contributed by atoms with Gasteiger partial charge in [0.2, 0.25) is 23.6 Å². The van der Waals surface area contributed by atoms with Crippen LogP contribution in [0, 0.1) is 73.2 Å². The Bertz CT molecular complexity index is 3280. The van der Waals surface area contributed by atoms with E-state index in [-0.39, 0.29) is 150 Å². The summed E-state index contributed by atoms with van der Waals surface area (Å²) in [5, 5.41) is 151. The van der Waals surface area contributed by atoms with Crippen LogP contribution in [0.1, 0.15) is 89.2 Å². The summed E-state index contributed by atoms with van der Waals surface area (Å²) in [6.45, 7) is -1.15.